The Bertz CT molecular complexity index is 378. The molecule has 1 aromatic rings. The van der Waals surface area contributed by atoms with Gasteiger partial charge in [0.25, 0.3) is 0 Å². The minimum Gasteiger partial charge on any atom is -0.490 e. The van der Waals surface area contributed by atoms with E-state index >= 15 is 0 Å². The molecule has 0 radical (unpaired) electrons. The minimum atomic E-state index is -0.812. The Labute approximate surface area is 113 Å². The Kier molecular flexibility index (Phi) is 7.43. The lowest BCUT2D eigenvalue weighted by Crippen LogP contribution is -2.05. The first-order chi connectivity index (χ1) is 9.24. The molecule has 0 atom stereocenters. The number of carboxylic acids is 1. The lowest BCUT2D eigenvalue weighted by molar-refractivity contribution is -0.137. The summed E-state index contributed by atoms with van der Waals surface area (Å²) in [6.45, 7) is 1.58. The summed E-state index contributed by atoms with van der Waals surface area (Å²) in [6.07, 6.45) is 1.40. The number of benzene rings is 1. The maximum absolute atomic E-state index is 10.4. The monoisotopic (exact) mass is 268 g/mol. The van der Waals surface area contributed by atoms with Gasteiger partial charge in [-0.2, -0.15) is 0 Å². The largest absolute Gasteiger partial charge is 0.490 e. The summed E-state index contributed by atoms with van der Waals surface area (Å²) in [5.41, 5.74) is 0. The number of hydrogen-bond acceptors (Lipinski definition) is 4. The van der Waals surface area contributed by atoms with Gasteiger partial charge < -0.3 is 19.3 Å². The van der Waals surface area contributed by atoms with Crippen LogP contribution in [0.2, 0.25) is 0 Å². The maximum atomic E-state index is 10.4. The van der Waals surface area contributed by atoms with Gasteiger partial charge in [-0.1, -0.05) is 12.1 Å². The zero-order valence-electron chi connectivity index (χ0n) is 11.1. The van der Waals surface area contributed by atoms with Gasteiger partial charge in [0.05, 0.1) is 13.2 Å². The number of para-hydroxylation sites is 2. The van der Waals surface area contributed by atoms with E-state index in [0.29, 0.717) is 37.7 Å². The van der Waals surface area contributed by atoms with Crippen LogP contribution in [0.15, 0.2) is 24.3 Å². The van der Waals surface area contributed by atoms with Crippen LogP contribution >= 0.6 is 0 Å². The van der Waals surface area contributed by atoms with E-state index in [2.05, 4.69) is 0 Å². The van der Waals surface area contributed by atoms with Gasteiger partial charge in [-0.15, -0.1) is 0 Å². The third-order valence-electron chi connectivity index (χ3n) is 2.39. The van der Waals surface area contributed by atoms with Crippen LogP contribution in [0.5, 0.6) is 11.5 Å². The highest BCUT2D eigenvalue weighted by Gasteiger charge is 2.04. The SMILES string of the molecule is COCCCOc1ccccc1OCCCC(=O)O. The molecule has 0 bridgehead atoms. The average molecular weight is 268 g/mol. The van der Waals surface area contributed by atoms with E-state index in [9.17, 15) is 4.79 Å². The maximum Gasteiger partial charge on any atom is 0.303 e. The van der Waals surface area contributed by atoms with Gasteiger partial charge in [-0.3, -0.25) is 4.79 Å². The molecule has 106 valence electrons. The molecule has 0 spiro atoms. The third kappa shape index (κ3) is 6.67. The Morgan fingerprint density at radius 3 is 2.16 bits per heavy atom. The normalized spacial score (nSPS) is 10.2. The van der Waals surface area contributed by atoms with Gasteiger partial charge in [-0.25, -0.2) is 0 Å². The molecule has 5 nitrogen and oxygen atoms in total. The predicted molar refractivity (Wildman–Crippen MR) is 70.8 cm³/mol. The molecule has 1 N–H and O–H groups in total. The predicted octanol–water partition coefficient (Wildman–Crippen LogP) is 2.35. The van der Waals surface area contributed by atoms with Crippen molar-refractivity contribution >= 4 is 5.97 Å². The molecule has 19 heavy (non-hydrogen) atoms. The smallest absolute Gasteiger partial charge is 0.303 e. The number of aliphatic carboxylic acids is 1. The van der Waals surface area contributed by atoms with Crippen molar-refractivity contribution in [1.82, 2.24) is 0 Å². The summed E-state index contributed by atoms with van der Waals surface area (Å²) in [7, 11) is 1.65. The molecule has 0 aromatic heterocycles. The van der Waals surface area contributed by atoms with Crippen molar-refractivity contribution in [2.24, 2.45) is 0 Å². The standard InChI is InChI=1S/C14H20O5/c1-17-9-5-11-19-13-7-3-2-6-12(13)18-10-4-8-14(15)16/h2-3,6-7H,4-5,8-11H2,1H3,(H,15,16). The molecule has 0 saturated heterocycles. The molecule has 0 fully saturated rings. The second-order valence-electron chi connectivity index (χ2n) is 3.99. The molecule has 5 heteroatoms. The van der Waals surface area contributed by atoms with E-state index in [0.717, 1.165) is 6.42 Å². The first-order valence-electron chi connectivity index (χ1n) is 6.29. The fraction of sp³-hybridized carbons (Fsp3) is 0.500. The van der Waals surface area contributed by atoms with Crippen LogP contribution in [0.1, 0.15) is 19.3 Å². The summed E-state index contributed by atoms with van der Waals surface area (Å²) >= 11 is 0. The molecule has 0 amide bonds. The van der Waals surface area contributed by atoms with Crippen molar-refractivity contribution in [2.75, 3.05) is 26.9 Å². The van der Waals surface area contributed by atoms with Gasteiger partial charge >= 0.3 is 5.97 Å². The number of ether oxygens (including phenoxy) is 3. The second-order valence-corrected chi connectivity index (χ2v) is 3.99. The number of carboxylic acid groups (broad SMARTS) is 1. The molecule has 0 aliphatic carbocycles. The molecular formula is C14H20O5. The van der Waals surface area contributed by atoms with Crippen molar-refractivity contribution in [1.29, 1.82) is 0 Å². The highest BCUT2D eigenvalue weighted by atomic mass is 16.5. The highest BCUT2D eigenvalue weighted by Crippen LogP contribution is 2.26. The quantitative estimate of drug-likeness (QED) is 0.660. The van der Waals surface area contributed by atoms with Crippen molar-refractivity contribution < 1.29 is 24.1 Å². The number of carbonyl (C=O) groups is 1. The lowest BCUT2D eigenvalue weighted by Gasteiger charge is -2.12. The van der Waals surface area contributed by atoms with Crippen LogP contribution in [0.3, 0.4) is 0 Å². The average Bonchev–Trinajstić information content (AvgIpc) is 2.41. The van der Waals surface area contributed by atoms with E-state index in [4.69, 9.17) is 19.3 Å². The Morgan fingerprint density at radius 1 is 1.05 bits per heavy atom. The van der Waals surface area contributed by atoms with Crippen molar-refractivity contribution in [3.63, 3.8) is 0 Å². The van der Waals surface area contributed by atoms with Crippen LogP contribution in [0.4, 0.5) is 0 Å². The zero-order chi connectivity index (χ0) is 13.9. The molecular weight excluding hydrogens is 248 g/mol. The first-order valence-corrected chi connectivity index (χ1v) is 6.29. The van der Waals surface area contributed by atoms with E-state index in [-0.39, 0.29) is 6.42 Å². The van der Waals surface area contributed by atoms with Gasteiger partial charge in [0.2, 0.25) is 0 Å². The van der Waals surface area contributed by atoms with Crippen LogP contribution < -0.4 is 9.47 Å². The fourth-order valence-corrected chi connectivity index (χ4v) is 1.48. The highest BCUT2D eigenvalue weighted by molar-refractivity contribution is 5.66. The number of rotatable bonds is 10. The van der Waals surface area contributed by atoms with Crippen LogP contribution in [0, 0.1) is 0 Å². The summed E-state index contributed by atoms with van der Waals surface area (Å²) in [4.78, 5) is 10.4. The van der Waals surface area contributed by atoms with Crippen LogP contribution in [-0.4, -0.2) is 38.0 Å². The topological polar surface area (TPSA) is 65.0 Å². The fourth-order valence-electron chi connectivity index (χ4n) is 1.48. The van der Waals surface area contributed by atoms with E-state index < -0.39 is 5.97 Å². The second kappa shape index (κ2) is 9.22. The van der Waals surface area contributed by atoms with Crippen LogP contribution in [0.25, 0.3) is 0 Å². The van der Waals surface area contributed by atoms with Gasteiger partial charge in [0, 0.05) is 26.6 Å². The van der Waals surface area contributed by atoms with Crippen LogP contribution in [-0.2, 0) is 9.53 Å². The summed E-state index contributed by atoms with van der Waals surface area (Å²) in [5.74, 6) is 0.506. The summed E-state index contributed by atoms with van der Waals surface area (Å²) in [6, 6.07) is 7.37. The third-order valence-corrected chi connectivity index (χ3v) is 2.39. The zero-order valence-corrected chi connectivity index (χ0v) is 11.1. The molecule has 0 aliphatic rings. The van der Waals surface area contributed by atoms with Gasteiger partial charge in [0.1, 0.15) is 0 Å². The molecule has 0 heterocycles. The molecule has 0 aliphatic heterocycles. The minimum absolute atomic E-state index is 0.108. The Morgan fingerprint density at radius 2 is 1.63 bits per heavy atom. The van der Waals surface area contributed by atoms with E-state index in [1.165, 1.54) is 0 Å². The molecule has 1 aromatic carbocycles. The number of methoxy groups -OCH3 is 1. The molecule has 1 rings (SSSR count). The van der Waals surface area contributed by atoms with Crippen molar-refractivity contribution in [2.45, 2.75) is 19.3 Å². The Balaban J connectivity index is 2.37. The summed E-state index contributed by atoms with van der Waals surface area (Å²) < 4.78 is 16.1. The molecule has 0 saturated carbocycles. The first kappa shape index (κ1) is 15.3. The van der Waals surface area contributed by atoms with Gasteiger partial charge in [-0.05, 0) is 18.6 Å². The van der Waals surface area contributed by atoms with Crippen molar-refractivity contribution in [3.8, 4) is 11.5 Å². The summed E-state index contributed by atoms with van der Waals surface area (Å²) in [5, 5.41) is 8.54. The van der Waals surface area contributed by atoms with Gasteiger partial charge in [0.15, 0.2) is 11.5 Å². The van der Waals surface area contributed by atoms with Crippen molar-refractivity contribution in [3.05, 3.63) is 24.3 Å². The molecule has 0 unspecified atom stereocenters. The lowest BCUT2D eigenvalue weighted by atomic mass is 10.3. The van der Waals surface area contributed by atoms with E-state index in [1.807, 2.05) is 24.3 Å². The number of hydrogen-bond donors (Lipinski definition) is 1. The Hall–Kier alpha value is -1.75. The van der Waals surface area contributed by atoms with E-state index in [1.54, 1.807) is 7.11 Å².